The van der Waals surface area contributed by atoms with E-state index >= 15 is 0 Å². The van der Waals surface area contributed by atoms with Crippen LogP contribution in [0.2, 0.25) is 0 Å². The fourth-order valence-corrected chi connectivity index (χ4v) is 9.94. The Labute approximate surface area is 439 Å². The van der Waals surface area contributed by atoms with Gasteiger partial charge in [-0.25, -0.2) is 4.98 Å². The Morgan fingerprint density at radius 1 is 0.486 bits per heavy atom. The summed E-state index contributed by atoms with van der Waals surface area (Å²) in [5.74, 6) is 1.99. The molecule has 0 bridgehead atoms. The predicted molar refractivity (Wildman–Crippen MR) is 294 cm³/mol. The van der Waals surface area contributed by atoms with E-state index in [1.807, 2.05) is 24.4 Å². The van der Waals surface area contributed by atoms with Gasteiger partial charge >= 0.3 is 0 Å². The first-order valence-corrected chi connectivity index (χ1v) is 24.5. The average molecular weight is 1120 g/mol. The van der Waals surface area contributed by atoms with Crippen LogP contribution in [0.5, 0.6) is 11.5 Å². The van der Waals surface area contributed by atoms with E-state index in [0.717, 1.165) is 50.3 Å². The van der Waals surface area contributed by atoms with E-state index in [9.17, 15) is 0 Å². The molecule has 6 heteroatoms. The van der Waals surface area contributed by atoms with E-state index in [-0.39, 0.29) is 37.3 Å². The third kappa shape index (κ3) is 9.19. The predicted octanol–water partition coefficient (Wildman–Crippen LogP) is 16.8. The monoisotopic (exact) mass is 1120 g/mol. The molecule has 11 rings (SSSR count). The van der Waals surface area contributed by atoms with Crippen molar-refractivity contribution in [2.45, 2.75) is 64.7 Å². The van der Waals surface area contributed by atoms with Gasteiger partial charge < -0.3 is 19.1 Å². The molecule has 360 valence electrons. The molecular formula is C66H57N4OPt-3. The summed E-state index contributed by atoms with van der Waals surface area (Å²) >= 11 is 0. The van der Waals surface area contributed by atoms with Crippen LogP contribution in [0.15, 0.2) is 218 Å². The molecule has 10 aromatic rings. The van der Waals surface area contributed by atoms with Gasteiger partial charge in [0.15, 0.2) is 0 Å². The zero-order valence-electron chi connectivity index (χ0n) is 41.8. The second kappa shape index (κ2) is 19.3. The Hall–Kier alpha value is -7.46. The van der Waals surface area contributed by atoms with Crippen molar-refractivity contribution in [1.82, 2.24) is 9.55 Å². The summed E-state index contributed by atoms with van der Waals surface area (Å²) < 4.78 is 9.05. The minimum atomic E-state index is -0.380. The number of hydrogen-bond acceptors (Lipinski definition) is 4. The Bertz CT molecular complexity index is 3580. The van der Waals surface area contributed by atoms with Crippen LogP contribution in [0.4, 0.5) is 11.4 Å². The van der Waals surface area contributed by atoms with Crippen molar-refractivity contribution >= 4 is 33.2 Å². The largest absolute Gasteiger partial charge is 0.509 e. The van der Waals surface area contributed by atoms with Crippen LogP contribution in [0, 0.1) is 18.8 Å². The molecule has 72 heavy (non-hydrogen) atoms. The first-order valence-electron chi connectivity index (χ1n) is 24.5. The van der Waals surface area contributed by atoms with Crippen molar-refractivity contribution < 1.29 is 25.8 Å². The summed E-state index contributed by atoms with van der Waals surface area (Å²) in [5, 5.41) is 2.18. The van der Waals surface area contributed by atoms with E-state index in [2.05, 4.69) is 270 Å². The zero-order valence-corrected chi connectivity index (χ0v) is 44.1. The molecule has 0 aliphatic carbocycles. The Balaban J connectivity index is 0.00000596. The summed E-state index contributed by atoms with van der Waals surface area (Å²) in [6, 6.07) is 78.3. The molecule has 0 atom stereocenters. The normalized spacial score (nSPS) is 13.1. The average Bonchev–Trinajstić information content (AvgIpc) is 4.00. The van der Waals surface area contributed by atoms with Crippen LogP contribution in [0.25, 0.3) is 49.9 Å². The Kier molecular flexibility index (Phi) is 12.9. The molecule has 0 saturated heterocycles. The second-order valence-electron chi connectivity index (χ2n) is 20.7. The smallest absolute Gasteiger partial charge is 0.135 e. The van der Waals surface area contributed by atoms with E-state index in [1.54, 1.807) is 0 Å². The number of pyridine rings is 1. The van der Waals surface area contributed by atoms with Gasteiger partial charge in [0.1, 0.15) is 5.82 Å². The molecular weight excluding hydrogens is 1060 g/mol. The van der Waals surface area contributed by atoms with E-state index in [1.165, 1.54) is 38.9 Å². The van der Waals surface area contributed by atoms with Gasteiger partial charge in [-0.15, -0.1) is 48.1 Å². The molecule has 0 N–H and O–H groups in total. The van der Waals surface area contributed by atoms with Crippen LogP contribution in [-0.4, -0.2) is 9.55 Å². The summed E-state index contributed by atoms with van der Waals surface area (Å²) in [6.45, 7) is 18.1. The van der Waals surface area contributed by atoms with Crippen molar-refractivity contribution in [3.63, 3.8) is 0 Å². The molecule has 0 saturated carbocycles. The van der Waals surface area contributed by atoms with E-state index < -0.39 is 0 Å². The minimum Gasteiger partial charge on any atom is -0.509 e. The number of ether oxygens (including phenoxy) is 1. The topological polar surface area (TPSA) is 33.5 Å². The number of allylic oxidation sites excluding steroid dienone is 1. The summed E-state index contributed by atoms with van der Waals surface area (Å²) in [5.41, 5.74) is 13.9. The number of fused-ring (bicyclic) bond motifs is 3. The molecule has 5 nitrogen and oxygen atoms in total. The number of benzene rings is 8. The first-order chi connectivity index (χ1) is 34.3. The Morgan fingerprint density at radius 2 is 1.11 bits per heavy atom. The summed E-state index contributed by atoms with van der Waals surface area (Å²) in [4.78, 5) is 9.55. The number of rotatable bonds is 11. The van der Waals surface area contributed by atoms with Crippen molar-refractivity contribution in [1.29, 1.82) is 0 Å². The van der Waals surface area contributed by atoms with E-state index in [0.29, 0.717) is 11.5 Å². The fourth-order valence-electron chi connectivity index (χ4n) is 9.94. The van der Waals surface area contributed by atoms with Crippen LogP contribution in [-0.2, 0) is 37.3 Å². The maximum absolute atomic E-state index is 6.82. The third-order valence-corrected chi connectivity index (χ3v) is 14.3. The molecule has 8 aromatic carbocycles. The van der Waals surface area contributed by atoms with Crippen molar-refractivity contribution in [3.8, 4) is 39.6 Å². The molecule has 0 fully saturated rings. The number of nitrogens with zero attached hydrogens (tertiary/aromatic N) is 4. The van der Waals surface area contributed by atoms with Gasteiger partial charge in [-0.3, -0.25) is 0 Å². The van der Waals surface area contributed by atoms with Gasteiger partial charge in [0.05, 0.1) is 0 Å². The molecule has 0 unspecified atom stereocenters. The molecule has 2 aromatic heterocycles. The van der Waals surface area contributed by atoms with Crippen LogP contribution in [0.3, 0.4) is 0 Å². The molecule has 0 amide bonds. The zero-order chi connectivity index (χ0) is 48.9. The standard InChI is InChI=1S/C66H57N4O.Pt/c1-64(2,3)53-37-49(47-23-14-9-15-24-47)38-55(40-53)68-44-62(66(6,7)51-27-18-11-19-28-51)69(45-68)54-29-20-30-56(42-54)71-57-32-33-58-59-39-48(46-21-12-8-13-22-46)31-34-60(59)70(61(58)43-57)63-41-52(35-36-67-63)65(4,5)50-25-16-10-17-26-50;/h8-41,44-45H,1-7H3;/q-3;. The Morgan fingerprint density at radius 3 is 1.78 bits per heavy atom. The number of aromatic nitrogens is 2. The SMILES string of the molecule is CC(C)(C)c1cc(-c2ccccc2)cc(N2C=C(C(C)(C)c3ccccc3)N(c3[c-]c(Oc4[c-]c5c(cc4)c4cc(-c6ccccc6)ccc4n5-c4cc(C(C)(C)c5ccccc5)ccn4)ccc3)[CH-]2)c1.[Pt]. The van der Waals surface area contributed by atoms with Crippen molar-refractivity contribution in [3.05, 3.63) is 259 Å². The first kappa shape index (κ1) is 48.2. The van der Waals surface area contributed by atoms with Crippen molar-refractivity contribution in [2.75, 3.05) is 9.80 Å². The second-order valence-corrected chi connectivity index (χ2v) is 20.7. The summed E-state index contributed by atoms with van der Waals surface area (Å²) in [6.07, 6.45) is 4.20. The molecule has 0 spiro atoms. The van der Waals surface area contributed by atoms with Gasteiger partial charge in [-0.05, 0) is 91.8 Å². The number of hydrogen-bond donors (Lipinski definition) is 0. The molecule has 1 aliphatic heterocycles. The molecule has 0 radical (unpaired) electrons. The third-order valence-electron chi connectivity index (χ3n) is 14.3. The van der Waals surface area contributed by atoms with Gasteiger partial charge in [-0.2, -0.15) is 12.1 Å². The maximum atomic E-state index is 6.82. The van der Waals surface area contributed by atoms with Gasteiger partial charge in [0, 0.05) is 66.5 Å². The quantitative estimate of drug-likeness (QED) is 0.121. The van der Waals surface area contributed by atoms with Gasteiger partial charge in [0.25, 0.3) is 0 Å². The molecule has 1 aliphatic rings. The van der Waals surface area contributed by atoms with Crippen LogP contribution in [0.1, 0.15) is 70.7 Å². The van der Waals surface area contributed by atoms with Gasteiger partial charge in [0.2, 0.25) is 0 Å². The minimum absolute atomic E-state index is 0. The maximum Gasteiger partial charge on any atom is 0.135 e. The summed E-state index contributed by atoms with van der Waals surface area (Å²) in [7, 11) is 0. The van der Waals surface area contributed by atoms with Crippen LogP contribution >= 0.6 is 0 Å². The van der Waals surface area contributed by atoms with Crippen LogP contribution < -0.4 is 14.5 Å². The number of anilines is 2. The molecule has 3 heterocycles. The van der Waals surface area contributed by atoms with Gasteiger partial charge in [-0.1, -0.05) is 194 Å². The fraction of sp³-hybridized carbons (Fsp3) is 0.152. The van der Waals surface area contributed by atoms with Crippen molar-refractivity contribution in [2.24, 2.45) is 0 Å². The van der Waals surface area contributed by atoms with E-state index in [4.69, 9.17) is 9.72 Å².